The molecule has 0 fully saturated rings. The number of hydrogen-bond acceptors (Lipinski definition) is 5. The van der Waals surface area contributed by atoms with Crippen molar-refractivity contribution >= 4 is 22.7 Å². The topological polar surface area (TPSA) is 65.6 Å². The van der Waals surface area contributed by atoms with Gasteiger partial charge in [-0.3, -0.25) is 13.9 Å². The third-order valence-electron chi connectivity index (χ3n) is 5.25. The van der Waals surface area contributed by atoms with Gasteiger partial charge in [-0.2, -0.15) is 0 Å². The molecule has 158 valence electrons. The summed E-state index contributed by atoms with van der Waals surface area (Å²) >= 11 is 1.63. The summed E-state index contributed by atoms with van der Waals surface area (Å²) in [6.45, 7) is 2.36. The average molecular weight is 440 g/mol. The standard InChI is InChI=1S/C25H21N5OS/c1-18-11-13-19(14-12-18)16-32-25-28-27-23(30(25)20-7-3-2-4-8-20)15-29-17-26-22-10-6-5-9-21(22)24(29)31/h2-14,17H,15-16H2,1H3. The number of para-hydroxylation sites is 2. The maximum atomic E-state index is 13.0. The number of aromatic nitrogens is 5. The van der Waals surface area contributed by atoms with Gasteiger partial charge in [0, 0.05) is 11.4 Å². The van der Waals surface area contributed by atoms with Crippen LogP contribution in [0.5, 0.6) is 0 Å². The highest BCUT2D eigenvalue weighted by molar-refractivity contribution is 7.98. The molecule has 3 aromatic carbocycles. The molecule has 0 saturated carbocycles. The minimum absolute atomic E-state index is 0.0907. The van der Waals surface area contributed by atoms with Gasteiger partial charge in [0.1, 0.15) is 0 Å². The Kier molecular flexibility index (Phi) is 5.56. The zero-order valence-electron chi connectivity index (χ0n) is 17.5. The van der Waals surface area contributed by atoms with Crippen LogP contribution in [0, 0.1) is 6.92 Å². The normalized spacial score (nSPS) is 11.2. The van der Waals surface area contributed by atoms with E-state index in [1.807, 2.05) is 53.1 Å². The molecule has 0 aliphatic heterocycles. The van der Waals surface area contributed by atoms with E-state index in [1.54, 1.807) is 28.7 Å². The first-order chi connectivity index (χ1) is 15.7. The molecular weight excluding hydrogens is 418 g/mol. The molecule has 5 aromatic rings. The molecule has 0 amide bonds. The van der Waals surface area contributed by atoms with Crippen LogP contribution in [0.2, 0.25) is 0 Å². The lowest BCUT2D eigenvalue weighted by Gasteiger charge is -2.11. The molecule has 0 radical (unpaired) electrons. The molecule has 0 atom stereocenters. The Labute approximate surface area is 189 Å². The molecule has 0 aliphatic rings. The van der Waals surface area contributed by atoms with Crippen LogP contribution in [0.3, 0.4) is 0 Å². The molecule has 0 saturated heterocycles. The molecule has 5 rings (SSSR count). The second kappa shape index (κ2) is 8.80. The lowest BCUT2D eigenvalue weighted by Crippen LogP contribution is -2.22. The quantitative estimate of drug-likeness (QED) is 0.361. The number of thioether (sulfide) groups is 1. The molecule has 0 bridgehead atoms. The second-order valence-electron chi connectivity index (χ2n) is 7.54. The first-order valence-corrected chi connectivity index (χ1v) is 11.3. The third-order valence-corrected chi connectivity index (χ3v) is 6.25. The van der Waals surface area contributed by atoms with Crippen LogP contribution in [-0.4, -0.2) is 24.3 Å². The number of benzene rings is 3. The van der Waals surface area contributed by atoms with Crippen LogP contribution < -0.4 is 5.56 Å². The van der Waals surface area contributed by atoms with Gasteiger partial charge in [0.15, 0.2) is 11.0 Å². The lowest BCUT2D eigenvalue weighted by molar-refractivity contribution is 0.685. The summed E-state index contributed by atoms with van der Waals surface area (Å²) in [7, 11) is 0. The van der Waals surface area contributed by atoms with Crippen molar-refractivity contribution in [2.45, 2.75) is 24.4 Å². The SMILES string of the molecule is Cc1ccc(CSc2nnc(Cn3cnc4ccccc4c3=O)n2-c2ccccc2)cc1. The van der Waals surface area contributed by atoms with Crippen molar-refractivity contribution in [3.8, 4) is 5.69 Å². The molecule has 32 heavy (non-hydrogen) atoms. The van der Waals surface area contributed by atoms with E-state index in [-0.39, 0.29) is 12.1 Å². The summed E-state index contributed by atoms with van der Waals surface area (Å²) in [5.74, 6) is 1.46. The van der Waals surface area contributed by atoms with E-state index in [0.29, 0.717) is 16.7 Å². The summed E-state index contributed by atoms with van der Waals surface area (Å²) < 4.78 is 3.60. The second-order valence-corrected chi connectivity index (χ2v) is 8.48. The van der Waals surface area contributed by atoms with E-state index in [9.17, 15) is 4.79 Å². The summed E-state index contributed by atoms with van der Waals surface area (Å²) in [5, 5.41) is 10.3. The highest BCUT2D eigenvalue weighted by Gasteiger charge is 2.16. The van der Waals surface area contributed by atoms with Crippen molar-refractivity contribution in [2.75, 3.05) is 0 Å². The molecule has 0 aliphatic carbocycles. The van der Waals surface area contributed by atoms with E-state index >= 15 is 0 Å². The predicted octanol–water partition coefficient (Wildman–Crippen LogP) is 4.63. The maximum absolute atomic E-state index is 13.0. The Morgan fingerprint density at radius 2 is 1.62 bits per heavy atom. The van der Waals surface area contributed by atoms with E-state index in [2.05, 4.69) is 46.4 Å². The summed E-state index contributed by atoms with van der Waals surface area (Å²) in [6.07, 6.45) is 1.58. The van der Waals surface area contributed by atoms with Crippen molar-refractivity contribution in [3.63, 3.8) is 0 Å². The largest absolute Gasteiger partial charge is 0.291 e. The Balaban J connectivity index is 1.50. The van der Waals surface area contributed by atoms with Crippen molar-refractivity contribution in [1.29, 1.82) is 0 Å². The molecule has 7 heteroatoms. The molecule has 0 N–H and O–H groups in total. The van der Waals surface area contributed by atoms with E-state index in [0.717, 1.165) is 16.6 Å². The lowest BCUT2D eigenvalue weighted by atomic mass is 10.2. The smallest absolute Gasteiger partial charge is 0.261 e. The monoisotopic (exact) mass is 439 g/mol. The zero-order chi connectivity index (χ0) is 21.9. The van der Waals surface area contributed by atoms with Gasteiger partial charge in [0.05, 0.1) is 23.8 Å². The van der Waals surface area contributed by atoms with Crippen LogP contribution in [0.1, 0.15) is 17.0 Å². The Morgan fingerprint density at radius 1 is 0.875 bits per heavy atom. The first-order valence-electron chi connectivity index (χ1n) is 10.3. The van der Waals surface area contributed by atoms with Gasteiger partial charge in [-0.15, -0.1) is 10.2 Å². The van der Waals surface area contributed by atoms with Gasteiger partial charge >= 0.3 is 0 Å². The van der Waals surface area contributed by atoms with Crippen molar-refractivity contribution < 1.29 is 0 Å². The molecule has 2 heterocycles. The minimum atomic E-state index is -0.0907. The Bertz CT molecular complexity index is 1420. The van der Waals surface area contributed by atoms with Gasteiger partial charge in [0.25, 0.3) is 5.56 Å². The first kappa shape index (κ1) is 20.2. The molecule has 0 unspecified atom stereocenters. The number of nitrogens with zero attached hydrogens (tertiary/aromatic N) is 5. The Hall–Kier alpha value is -3.71. The van der Waals surface area contributed by atoms with E-state index < -0.39 is 0 Å². The molecular formula is C25H21N5OS. The van der Waals surface area contributed by atoms with Crippen molar-refractivity contribution in [1.82, 2.24) is 24.3 Å². The minimum Gasteiger partial charge on any atom is -0.291 e. The van der Waals surface area contributed by atoms with Gasteiger partial charge < -0.3 is 0 Å². The van der Waals surface area contributed by atoms with E-state index in [4.69, 9.17) is 0 Å². The van der Waals surface area contributed by atoms with Crippen LogP contribution in [0.4, 0.5) is 0 Å². The van der Waals surface area contributed by atoms with Crippen molar-refractivity contribution in [2.24, 2.45) is 0 Å². The fourth-order valence-electron chi connectivity index (χ4n) is 3.54. The maximum Gasteiger partial charge on any atom is 0.261 e. The summed E-state index contributed by atoms with van der Waals surface area (Å²) in [4.78, 5) is 17.4. The van der Waals surface area contributed by atoms with Crippen LogP contribution in [-0.2, 0) is 12.3 Å². The van der Waals surface area contributed by atoms with Gasteiger partial charge in [-0.25, -0.2) is 4.98 Å². The van der Waals surface area contributed by atoms with Gasteiger partial charge in [-0.1, -0.05) is 71.9 Å². The summed E-state index contributed by atoms with van der Waals surface area (Å²) in [6, 6.07) is 25.8. The van der Waals surface area contributed by atoms with Gasteiger partial charge in [0.2, 0.25) is 0 Å². The molecule has 6 nitrogen and oxygen atoms in total. The van der Waals surface area contributed by atoms with Crippen LogP contribution in [0.25, 0.3) is 16.6 Å². The zero-order valence-corrected chi connectivity index (χ0v) is 18.4. The predicted molar refractivity (Wildman–Crippen MR) is 127 cm³/mol. The fourth-order valence-corrected chi connectivity index (χ4v) is 4.46. The van der Waals surface area contributed by atoms with Crippen LogP contribution >= 0.6 is 11.8 Å². The fraction of sp³-hybridized carbons (Fsp3) is 0.120. The van der Waals surface area contributed by atoms with E-state index in [1.165, 1.54) is 11.1 Å². The highest BCUT2D eigenvalue weighted by Crippen LogP contribution is 2.25. The van der Waals surface area contributed by atoms with Gasteiger partial charge in [-0.05, 0) is 36.8 Å². The molecule has 0 spiro atoms. The number of fused-ring (bicyclic) bond motifs is 1. The number of rotatable bonds is 6. The summed E-state index contributed by atoms with van der Waals surface area (Å²) in [5.41, 5.74) is 4.02. The highest BCUT2D eigenvalue weighted by atomic mass is 32.2. The molecule has 2 aromatic heterocycles. The third kappa shape index (κ3) is 4.07. The number of hydrogen-bond donors (Lipinski definition) is 0. The average Bonchev–Trinajstić information content (AvgIpc) is 3.23. The number of aryl methyl sites for hydroxylation is 1. The Morgan fingerprint density at radius 3 is 2.44 bits per heavy atom. The van der Waals surface area contributed by atoms with Crippen LogP contribution in [0.15, 0.2) is 95.1 Å². The van der Waals surface area contributed by atoms with Crippen molar-refractivity contribution in [3.05, 3.63) is 112 Å².